The van der Waals surface area contributed by atoms with Gasteiger partial charge in [-0.1, -0.05) is 42.5 Å². The minimum absolute atomic E-state index is 0.0404. The van der Waals surface area contributed by atoms with Crippen molar-refractivity contribution in [3.8, 4) is 10.6 Å². The zero-order valence-electron chi connectivity index (χ0n) is 13.5. The number of rotatable bonds is 3. The average Bonchev–Trinajstić information content (AvgIpc) is 3.27. The second-order valence-electron chi connectivity index (χ2n) is 6.54. The molecule has 124 valence electrons. The van der Waals surface area contributed by atoms with Crippen LogP contribution in [0.5, 0.6) is 0 Å². The molecule has 1 aromatic carbocycles. The molecule has 24 heavy (non-hydrogen) atoms. The van der Waals surface area contributed by atoms with Crippen molar-refractivity contribution in [2.75, 3.05) is 13.1 Å². The van der Waals surface area contributed by atoms with Crippen molar-refractivity contribution >= 4 is 17.4 Å². The fourth-order valence-corrected chi connectivity index (χ4v) is 4.39. The van der Waals surface area contributed by atoms with E-state index in [1.165, 1.54) is 0 Å². The third kappa shape index (κ3) is 3.22. The topological polar surface area (TPSA) is 45.2 Å². The van der Waals surface area contributed by atoms with Crippen LogP contribution in [0.1, 0.15) is 18.5 Å². The number of allylic oxidation sites excluding steroid dienone is 2. The number of nitrogens with one attached hydrogen (secondary N) is 1. The van der Waals surface area contributed by atoms with E-state index in [9.17, 15) is 4.79 Å². The first-order valence-electron chi connectivity index (χ1n) is 8.47. The number of benzene rings is 1. The van der Waals surface area contributed by atoms with E-state index in [4.69, 9.17) is 0 Å². The Morgan fingerprint density at radius 3 is 2.58 bits per heavy atom. The molecule has 1 N–H and O–H groups in total. The number of nitrogens with zero attached hydrogens (tertiary/aromatic N) is 2. The van der Waals surface area contributed by atoms with Gasteiger partial charge in [0.1, 0.15) is 5.01 Å². The van der Waals surface area contributed by atoms with Crippen molar-refractivity contribution in [3.05, 3.63) is 53.6 Å². The van der Waals surface area contributed by atoms with Crippen LogP contribution in [0.3, 0.4) is 0 Å². The molecular formula is C19H21N3OS. The summed E-state index contributed by atoms with van der Waals surface area (Å²) < 4.78 is 0. The van der Waals surface area contributed by atoms with E-state index in [1.54, 1.807) is 11.3 Å². The lowest BCUT2D eigenvalue weighted by Gasteiger charge is -2.17. The Balaban J connectivity index is 1.33. The number of aromatic nitrogens is 1. The average molecular weight is 339 g/mol. The standard InChI is InChI=1S/C19H21N3OS/c23-19(22-11-15-8-4-5-9-16(15)12-22)20-10-17-13-24-18(21-17)14-6-2-1-3-7-14/h1-7,13,15-16H,8-12H2,(H,20,23)/t15-,16+. The number of amides is 2. The van der Waals surface area contributed by atoms with Crippen LogP contribution >= 0.6 is 11.3 Å². The maximum Gasteiger partial charge on any atom is 0.317 e. The fourth-order valence-electron chi connectivity index (χ4n) is 3.56. The number of fused-ring (bicyclic) bond motifs is 1. The van der Waals surface area contributed by atoms with Crippen LogP contribution in [0, 0.1) is 11.8 Å². The zero-order valence-corrected chi connectivity index (χ0v) is 14.3. The van der Waals surface area contributed by atoms with E-state index in [1.807, 2.05) is 28.5 Å². The van der Waals surface area contributed by atoms with Gasteiger partial charge in [-0.2, -0.15) is 0 Å². The zero-order chi connectivity index (χ0) is 16.4. The van der Waals surface area contributed by atoms with E-state index >= 15 is 0 Å². The van der Waals surface area contributed by atoms with E-state index in [0.29, 0.717) is 18.4 Å². The lowest BCUT2D eigenvalue weighted by Crippen LogP contribution is -2.38. The van der Waals surface area contributed by atoms with E-state index in [2.05, 4.69) is 34.6 Å². The first kappa shape index (κ1) is 15.4. The van der Waals surface area contributed by atoms with Crippen LogP contribution in [0.2, 0.25) is 0 Å². The molecule has 1 fully saturated rings. The van der Waals surface area contributed by atoms with Crippen molar-refractivity contribution in [1.29, 1.82) is 0 Å². The van der Waals surface area contributed by atoms with Crippen LogP contribution in [-0.2, 0) is 6.54 Å². The lowest BCUT2D eigenvalue weighted by atomic mass is 9.86. The summed E-state index contributed by atoms with van der Waals surface area (Å²) in [6.45, 7) is 2.26. The maximum absolute atomic E-state index is 12.4. The van der Waals surface area contributed by atoms with Gasteiger partial charge >= 0.3 is 6.03 Å². The van der Waals surface area contributed by atoms with Gasteiger partial charge in [-0.05, 0) is 24.7 Å². The molecule has 0 unspecified atom stereocenters. The molecule has 0 bridgehead atoms. The molecule has 5 heteroatoms. The van der Waals surface area contributed by atoms with Crippen molar-refractivity contribution in [2.45, 2.75) is 19.4 Å². The highest BCUT2D eigenvalue weighted by atomic mass is 32.1. The molecular weight excluding hydrogens is 318 g/mol. The second kappa shape index (κ2) is 6.77. The fraction of sp³-hybridized carbons (Fsp3) is 0.368. The Morgan fingerprint density at radius 1 is 1.17 bits per heavy atom. The lowest BCUT2D eigenvalue weighted by molar-refractivity contribution is 0.206. The minimum atomic E-state index is 0.0404. The maximum atomic E-state index is 12.4. The number of carbonyl (C=O) groups is 1. The summed E-state index contributed by atoms with van der Waals surface area (Å²) in [7, 11) is 0. The third-order valence-corrected chi connectivity index (χ3v) is 5.84. The Morgan fingerprint density at radius 2 is 1.88 bits per heavy atom. The quantitative estimate of drug-likeness (QED) is 0.862. The van der Waals surface area contributed by atoms with E-state index < -0.39 is 0 Å². The van der Waals surface area contributed by atoms with Gasteiger partial charge in [0.2, 0.25) is 0 Å². The van der Waals surface area contributed by atoms with Crippen molar-refractivity contribution in [2.24, 2.45) is 11.8 Å². The van der Waals surface area contributed by atoms with Gasteiger partial charge in [0.05, 0.1) is 12.2 Å². The van der Waals surface area contributed by atoms with Crippen LogP contribution in [0.25, 0.3) is 10.6 Å². The van der Waals surface area contributed by atoms with Crippen LogP contribution in [0.15, 0.2) is 47.9 Å². The van der Waals surface area contributed by atoms with Gasteiger partial charge in [-0.25, -0.2) is 9.78 Å². The summed E-state index contributed by atoms with van der Waals surface area (Å²) in [5.74, 6) is 1.29. The van der Waals surface area contributed by atoms with Gasteiger partial charge < -0.3 is 10.2 Å². The van der Waals surface area contributed by atoms with Gasteiger partial charge in [0, 0.05) is 24.0 Å². The molecule has 0 spiro atoms. The molecule has 4 rings (SSSR count). The van der Waals surface area contributed by atoms with E-state index in [-0.39, 0.29) is 6.03 Å². The molecule has 2 aliphatic rings. The first-order chi connectivity index (χ1) is 11.8. The number of likely N-dealkylation sites (tertiary alicyclic amines) is 1. The number of hydrogen-bond acceptors (Lipinski definition) is 3. The Labute approximate surface area is 146 Å². The minimum Gasteiger partial charge on any atom is -0.332 e. The molecule has 2 amide bonds. The van der Waals surface area contributed by atoms with Crippen molar-refractivity contribution in [1.82, 2.24) is 15.2 Å². The highest BCUT2D eigenvalue weighted by Gasteiger charge is 2.34. The third-order valence-electron chi connectivity index (χ3n) is 4.90. The summed E-state index contributed by atoms with van der Waals surface area (Å²) in [5, 5.41) is 6.05. The predicted octanol–water partition coefficient (Wildman–Crippen LogP) is 3.92. The number of hydrogen-bond donors (Lipinski definition) is 1. The Bertz CT molecular complexity index is 724. The largest absolute Gasteiger partial charge is 0.332 e. The predicted molar refractivity (Wildman–Crippen MR) is 96.7 cm³/mol. The highest BCUT2D eigenvalue weighted by molar-refractivity contribution is 7.13. The normalized spacial score (nSPS) is 22.4. The Kier molecular flexibility index (Phi) is 4.34. The van der Waals surface area contributed by atoms with Crippen molar-refractivity contribution < 1.29 is 4.79 Å². The van der Waals surface area contributed by atoms with Crippen LogP contribution < -0.4 is 5.32 Å². The molecule has 1 aliphatic carbocycles. The molecule has 2 atom stereocenters. The molecule has 2 aromatic rings. The molecule has 1 aromatic heterocycles. The summed E-state index contributed by atoms with van der Waals surface area (Å²) in [6, 6.07) is 10.2. The molecule has 2 heterocycles. The van der Waals surface area contributed by atoms with Crippen LogP contribution in [0.4, 0.5) is 4.79 Å². The van der Waals surface area contributed by atoms with Gasteiger partial charge in [-0.3, -0.25) is 0 Å². The van der Waals surface area contributed by atoms with Gasteiger partial charge in [0.15, 0.2) is 0 Å². The smallest absolute Gasteiger partial charge is 0.317 e. The SMILES string of the molecule is O=C(NCc1csc(-c2ccccc2)n1)N1C[C@H]2CC=CC[C@H]2C1. The Hall–Kier alpha value is -2.14. The van der Waals surface area contributed by atoms with Gasteiger partial charge in [0.25, 0.3) is 0 Å². The molecule has 1 saturated heterocycles. The first-order valence-corrected chi connectivity index (χ1v) is 9.35. The molecule has 0 radical (unpaired) electrons. The summed E-state index contributed by atoms with van der Waals surface area (Å²) in [5.41, 5.74) is 2.04. The summed E-state index contributed by atoms with van der Waals surface area (Å²) >= 11 is 1.62. The van der Waals surface area contributed by atoms with Crippen LogP contribution in [-0.4, -0.2) is 29.0 Å². The van der Waals surface area contributed by atoms with E-state index in [0.717, 1.165) is 42.2 Å². The molecule has 0 saturated carbocycles. The monoisotopic (exact) mass is 339 g/mol. The van der Waals surface area contributed by atoms with Crippen molar-refractivity contribution in [3.63, 3.8) is 0 Å². The molecule has 1 aliphatic heterocycles. The number of thiazole rings is 1. The molecule has 4 nitrogen and oxygen atoms in total. The second-order valence-corrected chi connectivity index (χ2v) is 7.39. The number of carbonyl (C=O) groups excluding carboxylic acids is 1. The number of urea groups is 1. The van der Waals surface area contributed by atoms with Gasteiger partial charge in [-0.15, -0.1) is 11.3 Å². The highest BCUT2D eigenvalue weighted by Crippen LogP contribution is 2.32. The summed E-state index contributed by atoms with van der Waals surface area (Å²) in [4.78, 5) is 19.0. The summed E-state index contributed by atoms with van der Waals surface area (Å²) in [6.07, 6.45) is 6.73.